The molecule has 0 saturated carbocycles. The Kier molecular flexibility index (Phi) is 2.11. The zero-order valence-electron chi connectivity index (χ0n) is 7.93. The van der Waals surface area contributed by atoms with Crippen LogP contribution in [0.3, 0.4) is 0 Å². The van der Waals surface area contributed by atoms with Gasteiger partial charge in [0.1, 0.15) is 0 Å². The maximum atomic E-state index is 6.23. The monoisotopic (exact) mass is 278 g/mol. The molecule has 0 N–H and O–H groups in total. The van der Waals surface area contributed by atoms with Gasteiger partial charge in [0.15, 0.2) is 0 Å². The molecule has 0 nitrogen and oxygen atoms in total. The molecule has 0 atom stereocenters. The molecule has 0 spiro atoms. The van der Waals surface area contributed by atoms with Crippen LogP contribution in [0.5, 0.6) is 0 Å². The summed E-state index contributed by atoms with van der Waals surface area (Å²) in [6.07, 6.45) is 0.979. The van der Waals surface area contributed by atoms with Crippen LogP contribution in [0, 0.1) is 0 Å². The van der Waals surface area contributed by atoms with E-state index in [1.165, 1.54) is 26.7 Å². The molecule has 0 unspecified atom stereocenters. The van der Waals surface area contributed by atoms with E-state index in [0.29, 0.717) is 0 Å². The lowest BCUT2D eigenvalue weighted by molar-refractivity contribution is 1.25. The second-order valence-corrected chi connectivity index (χ2v) is 4.98. The highest BCUT2D eigenvalue weighted by Crippen LogP contribution is 2.43. The van der Waals surface area contributed by atoms with Crippen molar-refractivity contribution in [3.63, 3.8) is 0 Å². The van der Waals surface area contributed by atoms with Gasteiger partial charge in [0.2, 0.25) is 0 Å². The third kappa shape index (κ3) is 1.34. The third-order valence-corrected chi connectivity index (χ3v) is 3.91. The summed E-state index contributed by atoms with van der Waals surface area (Å²) in [5, 5.41) is 0.851. The molecule has 3 rings (SSSR count). The Balaban J connectivity index is 2.36. The summed E-state index contributed by atoms with van der Waals surface area (Å²) in [6, 6.07) is 12.4. The largest absolute Gasteiger partial charge is 0.0837 e. The molecule has 2 aromatic rings. The van der Waals surface area contributed by atoms with Crippen LogP contribution in [0.4, 0.5) is 0 Å². The minimum Gasteiger partial charge on any atom is -0.0837 e. The van der Waals surface area contributed by atoms with E-state index in [0.717, 1.165) is 11.4 Å². The van der Waals surface area contributed by atoms with E-state index >= 15 is 0 Å². The van der Waals surface area contributed by atoms with Crippen molar-refractivity contribution in [3.05, 3.63) is 57.0 Å². The Bertz CT molecular complexity index is 546. The summed E-state index contributed by atoms with van der Waals surface area (Å²) in [6.45, 7) is 0. The molecular weight excluding hydrogens is 272 g/mol. The lowest BCUT2D eigenvalue weighted by Gasteiger charge is -2.03. The van der Waals surface area contributed by atoms with Crippen LogP contribution in [0.15, 0.2) is 40.9 Å². The highest BCUT2D eigenvalue weighted by atomic mass is 79.9. The van der Waals surface area contributed by atoms with Gasteiger partial charge in [-0.3, -0.25) is 0 Å². The van der Waals surface area contributed by atoms with Crippen LogP contribution >= 0.6 is 27.5 Å². The quantitative estimate of drug-likeness (QED) is 0.561. The molecule has 0 amide bonds. The van der Waals surface area contributed by atoms with Crippen LogP contribution in [-0.2, 0) is 6.42 Å². The molecule has 2 aromatic carbocycles. The molecule has 0 fully saturated rings. The molecule has 74 valence electrons. The van der Waals surface area contributed by atoms with Gasteiger partial charge in [-0.1, -0.05) is 51.8 Å². The van der Waals surface area contributed by atoms with Gasteiger partial charge in [-0.05, 0) is 35.2 Å². The molecular formula is C13H8BrCl. The number of hydrogen-bond donors (Lipinski definition) is 0. The first-order chi connectivity index (χ1) is 7.27. The molecule has 0 saturated heterocycles. The van der Waals surface area contributed by atoms with Gasteiger partial charge < -0.3 is 0 Å². The summed E-state index contributed by atoms with van der Waals surface area (Å²) in [5.74, 6) is 0. The van der Waals surface area contributed by atoms with Crippen molar-refractivity contribution in [2.24, 2.45) is 0 Å². The molecule has 15 heavy (non-hydrogen) atoms. The Morgan fingerprint density at radius 1 is 1.07 bits per heavy atom. The zero-order valence-corrected chi connectivity index (χ0v) is 10.3. The fraction of sp³-hybridized carbons (Fsp3) is 0.0769. The second-order valence-electron chi connectivity index (χ2n) is 3.72. The van der Waals surface area contributed by atoms with E-state index in [4.69, 9.17) is 11.6 Å². The smallest absolute Gasteiger partial charge is 0.0487 e. The van der Waals surface area contributed by atoms with Crippen molar-refractivity contribution in [1.29, 1.82) is 0 Å². The minimum atomic E-state index is 0.851. The van der Waals surface area contributed by atoms with Crippen molar-refractivity contribution in [3.8, 4) is 11.1 Å². The maximum absolute atomic E-state index is 6.23. The standard InChI is InChI=1S/C13H8BrCl/c14-11-5-2-4-9-10(11)7-8-3-1-6-12(15)13(8)9/h1-6H,7H2. The van der Waals surface area contributed by atoms with Gasteiger partial charge in [-0.15, -0.1) is 0 Å². The highest BCUT2D eigenvalue weighted by Gasteiger charge is 2.21. The molecule has 1 aliphatic carbocycles. The number of hydrogen-bond acceptors (Lipinski definition) is 0. The lowest BCUT2D eigenvalue weighted by atomic mass is 10.1. The van der Waals surface area contributed by atoms with Crippen LogP contribution < -0.4 is 0 Å². The van der Waals surface area contributed by atoms with Crippen LogP contribution in [0.25, 0.3) is 11.1 Å². The molecule has 0 aromatic heterocycles. The van der Waals surface area contributed by atoms with Crippen molar-refractivity contribution in [2.45, 2.75) is 6.42 Å². The Morgan fingerprint density at radius 2 is 1.87 bits per heavy atom. The normalized spacial score (nSPS) is 12.4. The molecule has 1 aliphatic rings. The van der Waals surface area contributed by atoms with Gasteiger partial charge >= 0.3 is 0 Å². The summed E-state index contributed by atoms with van der Waals surface area (Å²) in [4.78, 5) is 0. The number of rotatable bonds is 0. The van der Waals surface area contributed by atoms with E-state index in [1.54, 1.807) is 0 Å². The Morgan fingerprint density at radius 3 is 2.73 bits per heavy atom. The third-order valence-electron chi connectivity index (χ3n) is 2.86. The van der Waals surface area contributed by atoms with Gasteiger partial charge in [0.25, 0.3) is 0 Å². The fourth-order valence-corrected chi connectivity index (χ4v) is 2.98. The summed E-state index contributed by atoms with van der Waals surface area (Å²) < 4.78 is 1.17. The highest BCUT2D eigenvalue weighted by molar-refractivity contribution is 9.10. The molecule has 0 heterocycles. The van der Waals surface area contributed by atoms with Gasteiger partial charge in [0.05, 0.1) is 0 Å². The SMILES string of the molecule is Clc1cccc2c1-c1cccc(Br)c1C2. The summed E-state index contributed by atoms with van der Waals surface area (Å²) >= 11 is 9.82. The predicted octanol–water partition coefficient (Wildman–Crippen LogP) is 4.67. The number of benzene rings is 2. The number of halogens is 2. The van der Waals surface area contributed by atoms with Crippen molar-refractivity contribution in [2.75, 3.05) is 0 Å². The first-order valence-corrected chi connectivity index (χ1v) is 5.99. The van der Waals surface area contributed by atoms with Crippen molar-refractivity contribution < 1.29 is 0 Å². The lowest BCUT2D eigenvalue weighted by Crippen LogP contribution is -1.81. The first kappa shape index (κ1) is 9.44. The average Bonchev–Trinajstić information content (AvgIpc) is 2.59. The molecule has 0 radical (unpaired) electrons. The molecule has 0 bridgehead atoms. The van der Waals surface area contributed by atoms with Crippen molar-refractivity contribution >= 4 is 27.5 Å². The topological polar surface area (TPSA) is 0 Å². The van der Waals surface area contributed by atoms with E-state index in [2.05, 4.69) is 40.2 Å². The number of fused-ring (bicyclic) bond motifs is 3. The zero-order chi connectivity index (χ0) is 10.4. The van der Waals surface area contributed by atoms with Gasteiger partial charge in [-0.2, -0.15) is 0 Å². The maximum Gasteiger partial charge on any atom is 0.0487 e. The van der Waals surface area contributed by atoms with E-state index in [9.17, 15) is 0 Å². The van der Waals surface area contributed by atoms with Crippen LogP contribution in [-0.4, -0.2) is 0 Å². The first-order valence-electron chi connectivity index (χ1n) is 4.82. The second kappa shape index (κ2) is 3.36. The predicted molar refractivity (Wildman–Crippen MR) is 67.4 cm³/mol. The van der Waals surface area contributed by atoms with Crippen molar-refractivity contribution in [1.82, 2.24) is 0 Å². The molecule has 0 aliphatic heterocycles. The van der Waals surface area contributed by atoms with E-state index < -0.39 is 0 Å². The summed E-state index contributed by atoms with van der Waals surface area (Å²) in [5.41, 5.74) is 5.14. The minimum absolute atomic E-state index is 0.851. The Labute approximate surface area is 102 Å². The Hall–Kier alpha value is -0.790. The fourth-order valence-electron chi connectivity index (χ4n) is 2.18. The van der Waals surface area contributed by atoms with Gasteiger partial charge in [-0.25, -0.2) is 0 Å². The molecule has 2 heteroatoms. The summed E-state index contributed by atoms with van der Waals surface area (Å²) in [7, 11) is 0. The van der Waals surface area contributed by atoms with E-state index in [1.807, 2.05) is 12.1 Å². The van der Waals surface area contributed by atoms with Gasteiger partial charge in [0, 0.05) is 15.1 Å². The van der Waals surface area contributed by atoms with Crippen LogP contribution in [0.1, 0.15) is 11.1 Å². The average molecular weight is 280 g/mol. The van der Waals surface area contributed by atoms with Crippen LogP contribution in [0.2, 0.25) is 5.02 Å². The van der Waals surface area contributed by atoms with E-state index in [-0.39, 0.29) is 0 Å².